The zero-order valence-corrected chi connectivity index (χ0v) is 11.1. The van der Waals surface area contributed by atoms with Crippen molar-refractivity contribution in [3.05, 3.63) is 28.7 Å². The summed E-state index contributed by atoms with van der Waals surface area (Å²) in [6.45, 7) is 1.06. The number of rotatable bonds is 6. The van der Waals surface area contributed by atoms with Crippen LogP contribution in [-0.2, 0) is 4.79 Å². The molecule has 0 aliphatic rings. The van der Waals surface area contributed by atoms with Crippen molar-refractivity contribution in [3.8, 4) is 12.3 Å². The molecule has 2 N–H and O–H groups in total. The largest absolute Gasteiger partial charge is 0.325 e. The Morgan fingerprint density at radius 1 is 1.47 bits per heavy atom. The van der Waals surface area contributed by atoms with E-state index in [1.165, 1.54) is 0 Å². The van der Waals surface area contributed by atoms with E-state index < -0.39 is 0 Å². The molecule has 4 heteroatoms. The van der Waals surface area contributed by atoms with Crippen LogP contribution in [0, 0.1) is 12.3 Å². The molecule has 1 rings (SSSR count). The number of carbonyl (C=O) groups excluding carboxylic acids is 1. The molecule has 0 radical (unpaired) electrons. The molecular weight excluding hydrogens is 280 g/mol. The number of terminal acetylenes is 1. The highest BCUT2D eigenvalue weighted by Crippen LogP contribution is 2.15. The Labute approximate surface area is 110 Å². The molecule has 17 heavy (non-hydrogen) atoms. The van der Waals surface area contributed by atoms with Crippen LogP contribution < -0.4 is 10.6 Å². The van der Waals surface area contributed by atoms with E-state index in [2.05, 4.69) is 32.5 Å². The molecule has 1 aromatic carbocycles. The van der Waals surface area contributed by atoms with Gasteiger partial charge in [-0.25, -0.2) is 0 Å². The first-order valence-corrected chi connectivity index (χ1v) is 6.21. The summed E-state index contributed by atoms with van der Waals surface area (Å²) in [6, 6.07) is 7.49. The van der Waals surface area contributed by atoms with Crippen LogP contribution in [0.4, 0.5) is 5.69 Å². The number of unbranched alkanes of at least 4 members (excludes halogenated alkanes) is 1. The van der Waals surface area contributed by atoms with Gasteiger partial charge in [-0.2, -0.15) is 0 Å². The summed E-state index contributed by atoms with van der Waals surface area (Å²) in [5, 5.41) is 5.84. The van der Waals surface area contributed by atoms with Gasteiger partial charge in [-0.15, -0.1) is 12.3 Å². The molecule has 90 valence electrons. The summed E-state index contributed by atoms with van der Waals surface area (Å²) < 4.78 is 0.942. The SMILES string of the molecule is C#CCCCNCC(=O)Nc1cccc(Br)c1. The zero-order chi connectivity index (χ0) is 12.5. The number of amides is 1. The Bertz CT molecular complexity index is 412. The molecule has 0 heterocycles. The molecule has 0 unspecified atom stereocenters. The van der Waals surface area contributed by atoms with Crippen molar-refractivity contribution in [2.75, 3.05) is 18.4 Å². The third-order valence-corrected chi connectivity index (χ3v) is 2.56. The first kappa shape index (κ1) is 13.8. The summed E-state index contributed by atoms with van der Waals surface area (Å²) in [4.78, 5) is 11.5. The molecule has 0 saturated carbocycles. The van der Waals surface area contributed by atoms with Crippen LogP contribution in [0.25, 0.3) is 0 Å². The van der Waals surface area contributed by atoms with Gasteiger partial charge in [-0.05, 0) is 31.2 Å². The van der Waals surface area contributed by atoms with Gasteiger partial charge in [-0.3, -0.25) is 4.79 Å². The Morgan fingerprint density at radius 2 is 2.29 bits per heavy atom. The van der Waals surface area contributed by atoms with Crippen molar-refractivity contribution >= 4 is 27.5 Å². The molecular formula is C13H15BrN2O. The first-order chi connectivity index (χ1) is 8.22. The van der Waals surface area contributed by atoms with Crippen LogP contribution in [0.2, 0.25) is 0 Å². The number of anilines is 1. The molecule has 0 saturated heterocycles. The molecule has 0 aliphatic heterocycles. The van der Waals surface area contributed by atoms with Crippen LogP contribution >= 0.6 is 15.9 Å². The fraction of sp³-hybridized carbons (Fsp3) is 0.308. The summed E-state index contributed by atoms with van der Waals surface area (Å²) >= 11 is 3.35. The van der Waals surface area contributed by atoms with Crippen molar-refractivity contribution < 1.29 is 4.79 Å². The van der Waals surface area contributed by atoms with E-state index in [4.69, 9.17) is 6.42 Å². The van der Waals surface area contributed by atoms with E-state index in [0.717, 1.165) is 29.5 Å². The van der Waals surface area contributed by atoms with Gasteiger partial charge >= 0.3 is 0 Å². The normalized spacial score (nSPS) is 9.65. The minimum atomic E-state index is -0.0520. The van der Waals surface area contributed by atoms with Crippen molar-refractivity contribution in [1.82, 2.24) is 5.32 Å². The van der Waals surface area contributed by atoms with E-state index >= 15 is 0 Å². The maximum absolute atomic E-state index is 11.5. The van der Waals surface area contributed by atoms with Crippen molar-refractivity contribution in [1.29, 1.82) is 0 Å². The second kappa shape index (κ2) is 7.88. The monoisotopic (exact) mass is 294 g/mol. The van der Waals surface area contributed by atoms with Crippen LogP contribution in [0.1, 0.15) is 12.8 Å². The van der Waals surface area contributed by atoms with E-state index in [9.17, 15) is 4.79 Å². The average Bonchev–Trinajstić information content (AvgIpc) is 2.29. The van der Waals surface area contributed by atoms with Crippen LogP contribution in [0.3, 0.4) is 0 Å². The van der Waals surface area contributed by atoms with Crippen molar-refractivity contribution in [2.24, 2.45) is 0 Å². The van der Waals surface area contributed by atoms with Crippen LogP contribution in [0.15, 0.2) is 28.7 Å². The highest BCUT2D eigenvalue weighted by atomic mass is 79.9. The van der Waals surface area contributed by atoms with Gasteiger partial charge in [0.2, 0.25) is 5.91 Å². The molecule has 1 aromatic rings. The number of benzene rings is 1. The number of hydrogen-bond acceptors (Lipinski definition) is 2. The lowest BCUT2D eigenvalue weighted by molar-refractivity contribution is -0.115. The molecule has 0 fully saturated rings. The topological polar surface area (TPSA) is 41.1 Å². The smallest absolute Gasteiger partial charge is 0.238 e. The average molecular weight is 295 g/mol. The summed E-state index contributed by atoms with van der Waals surface area (Å²) in [6.07, 6.45) is 6.75. The van der Waals surface area contributed by atoms with Gasteiger partial charge in [-0.1, -0.05) is 22.0 Å². The van der Waals surface area contributed by atoms with Gasteiger partial charge < -0.3 is 10.6 Å². The Kier molecular flexibility index (Phi) is 6.38. The lowest BCUT2D eigenvalue weighted by atomic mass is 10.3. The van der Waals surface area contributed by atoms with E-state index in [0.29, 0.717) is 6.54 Å². The second-order valence-corrected chi connectivity index (χ2v) is 4.46. The maximum Gasteiger partial charge on any atom is 0.238 e. The van der Waals surface area contributed by atoms with Gasteiger partial charge in [0.25, 0.3) is 0 Å². The lowest BCUT2D eigenvalue weighted by Gasteiger charge is -2.06. The van der Waals surface area contributed by atoms with E-state index in [1.807, 2.05) is 24.3 Å². The molecule has 0 aliphatic carbocycles. The minimum Gasteiger partial charge on any atom is -0.325 e. The molecule has 3 nitrogen and oxygen atoms in total. The third kappa shape index (κ3) is 6.10. The van der Waals surface area contributed by atoms with Crippen LogP contribution in [-0.4, -0.2) is 19.0 Å². The number of carbonyl (C=O) groups is 1. The van der Waals surface area contributed by atoms with Gasteiger partial charge in [0.1, 0.15) is 0 Å². The number of halogens is 1. The van der Waals surface area contributed by atoms with E-state index in [-0.39, 0.29) is 5.91 Å². The lowest BCUT2D eigenvalue weighted by Crippen LogP contribution is -2.28. The standard InChI is InChI=1S/C13H15BrN2O/c1-2-3-4-8-15-10-13(17)16-12-7-5-6-11(14)9-12/h1,5-7,9,15H,3-4,8,10H2,(H,16,17). The fourth-order valence-corrected chi connectivity index (χ4v) is 1.69. The quantitative estimate of drug-likeness (QED) is 0.625. The highest BCUT2D eigenvalue weighted by molar-refractivity contribution is 9.10. The Hall–Kier alpha value is -1.31. The molecule has 1 amide bonds. The van der Waals surface area contributed by atoms with Crippen LogP contribution in [0.5, 0.6) is 0 Å². The molecule has 0 bridgehead atoms. The molecule has 0 atom stereocenters. The number of hydrogen-bond donors (Lipinski definition) is 2. The molecule has 0 aromatic heterocycles. The molecule has 0 spiro atoms. The summed E-state index contributed by atoms with van der Waals surface area (Å²) in [5.41, 5.74) is 0.787. The second-order valence-electron chi connectivity index (χ2n) is 3.54. The summed E-state index contributed by atoms with van der Waals surface area (Å²) in [7, 11) is 0. The van der Waals surface area contributed by atoms with Crippen molar-refractivity contribution in [2.45, 2.75) is 12.8 Å². The highest BCUT2D eigenvalue weighted by Gasteiger charge is 2.01. The first-order valence-electron chi connectivity index (χ1n) is 5.42. The third-order valence-electron chi connectivity index (χ3n) is 2.07. The van der Waals surface area contributed by atoms with Gasteiger partial charge in [0, 0.05) is 16.6 Å². The minimum absolute atomic E-state index is 0.0520. The predicted molar refractivity (Wildman–Crippen MR) is 73.7 cm³/mol. The fourth-order valence-electron chi connectivity index (χ4n) is 1.29. The van der Waals surface area contributed by atoms with Crippen molar-refractivity contribution in [3.63, 3.8) is 0 Å². The van der Waals surface area contributed by atoms with Gasteiger partial charge in [0.05, 0.1) is 6.54 Å². The number of nitrogens with one attached hydrogen (secondary N) is 2. The Balaban J connectivity index is 2.23. The predicted octanol–water partition coefficient (Wildman–Crippen LogP) is 2.39. The zero-order valence-electron chi connectivity index (χ0n) is 9.50. The summed E-state index contributed by atoms with van der Waals surface area (Å²) in [5.74, 6) is 2.50. The maximum atomic E-state index is 11.5. The van der Waals surface area contributed by atoms with E-state index in [1.54, 1.807) is 0 Å². The van der Waals surface area contributed by atoms with Gasteiger partial charge in [0.15, 0.2) is 0 Å². The Morgan fingerprint density at radius 3 is 3.00 bits per heavy atom.